The molecule has 0 unspecified atom stereocenters. The van der Waals surface area contributed by atoms with E-state index in [9.17, 15) is 29.1 Å². The third-order valence-corrected chi connectivity index (χ3v) is 14.7. The Morgan fingerprint density at radius 2 is 1.90 bits per heavy atom. The first-order valence-corrected chi connectivity index (χ1v) is 24.6. The van der Waals surface area contributed by atoms with E-state index in [4.69, 9.17) is 19.4 Å². The van der Waals surface area contributed by atoms with Crippen molar-refractivity contribution in [1.29, 1.82) is 0 Å². The second kappa shape index (κ2) is 19.5. The second-order valence-electron chi connectivity index (χ2n) is 20.0. The van der Waals surface area contributed by atoms with Crippen LogP contribution in [-0.4, -0.2) is 165 Å². The second-order valence-corrected chi connectivity index (χ2v) is 20.9. The SMILES string of the molecule is CCn1c(-c2cccnc2[C@H](C)OC)c2c3cc(ccc31)-c1csc(n1)C[C@H](NC(=O)[C@H](C(C)C)N(C)C(=O)N1CCN3C(=O)CN(C)C[C@H]3C1)C(=O)N1CCC[C@@](O)(N1)C(=O)OCC(C)(C)C2. The van der Waals surface area contributed by atoms with Crippen LogP contribution in [0.4, 0.5) is 4.79 Å². The number of hydrazine groups is 1. The molecule has 4 aliphatic rings. The number of hydrogen-bond donors (Lipinski definition) is 3. The van der Waals surface area contributed by atoms with Crippen molar-refractivity contribution in [3.05, 3.63) is 58.2 Å². The van der Waals surface area contributed by atoms with Crippen LogP contribution in [0.1, 0.15) is 76.8 Å². The number of urea groups is 1. The number of cyclic esters (lactones) is 1. The van der Waals surface area contributed by atoms with Crippen LogP contribution in [0.2, 0.25) is 0 Å². The number of aryl methyl sites for hydroxylation is 1. The Bertz CT molecular complexity index is 2580. The lowest BCUT2D eigenvalue weighted by atomic mass is 9.84. The molecule has 8 rings (SSSR count). The molecule has 366 valence electrons. The number of likely N-dealkylation sites (N-methyl/N-ethyl adjacent to an activating group) is 2. The number of methoxy groups -OCH3 is 1. The molecule has 0 radical (unpaired) electrons. The molecule has 4 aliphatic heterocycles. The number of amides is 5. The van der Waals surface area contributed by atoms with Crippen LogP contribution in [-0.2, 0) is 48.0 Å². The molecule has 3 saturated heterocycles. The fourth-order valence-electron chi connectivity index (χ4n) is 10.4. The lowest BCUT2D eigenvalue weighted by Gasteiger charge is -2.47. The fraction of sp³-hybridized carbons (Fsp3) is 0.571. The van der Waals surface area contributed by atoms with Crippen LogP contribution in [0.15, 0.2) is 41.9 Å². The summed E-state index contributed by atoms with van der Waals surface area (Å²) in [6.45, 7) is 14.6. The van der Waals surface area contributed by atoms with E-state index in [2.05, 4.69) is 40.4 Å². The number of ether oxygens (including phenoxy) is 2. The summed E-state index contributed by atoms with van der Waals surface area (Å²) in [5, 5.41) is 19.6. The van der Waals surface area contributed by atoms with Gasteiger partial charge >= 0.3 is 12.0 Å². The molecule has 0 spiro atoms. The van der Waals surface area contributed by atoms with Crippen molar-refractivity contribution in [3.63, 3.8) is 0 Å². The number of pyridine rings is 1. The van der Waals surface area contributed by atoms with E-state index in [1.165, 1.54) is 21.2 Å². The smallest absolute Gasteiger partial charge is 0.355 e. The van der Waals surface area contributed by atoms with Gasteiger partial charge in [0.2, 0.25) is 17.5 Å². The number of nitrogens with zero attached hydrogens (tertiary/aromatic N) is 8. The van der Waals surface area contributed by atoms with Crippen molar-refractivity contribution in [2.45, 2.75) is 104 Å². The van der Waals surface area contributed by atoms with E-state index in [0.29, 0.717) is 56.4 Å². The lowest BCUT2D eigenvalue weighted by Crippen LogP contribution is -2.68. The molecule has 3 N–H and O–H groups in total. The molecule has 4 aromatic rings. The molecular formula is C49H66N10O8S. The molecule has 18 nitrogen and oxygen atoms in total. The molecule has 5 amide bonds. The third kappa shape index (κ3) is 9.59. The van der Waals surface area contributed by atoms with Crippen molar-refractivity contribution < 1.29 is 38.6 Å². The van der Waals surface area contributed by atoms with E-state index in [1.807, 2.05) is 69.0 Å². The molecule has 3 fully saturated rings. The Morgan fingerprint density at radius 1 is 1.12 bits per heavy atom. The van der Waals surface area contributed by atoms with E-state index in [0.717, 1.165) is 39.0 Å². The predicted octanol–water partition coefficient (Wildman–Crippen LogP) is 4.06. The molecule has 0 aliphatic carbocycles. The maximum Gasteiger partial charge on any atom is 0.355 e. The molecule has 5 atom stereocenters. The highest BCUT2D eigenvalue weighted by Gasteiger charge is 2.46. The summed E-state index contributed by atoms with van der Waals surface area (Å²) in [6.07, 6.45) is 2.22. The third-order valence-electron chi connectivity index (χ3n) is 13.9. The number of benzene rings is 1. The highest BCUT2D eigenvalue weighted by Crippen LogP contribution is 2.42. The lowest BCUT2D eigenvalue weighted by molar-refractivity contribution is -0.189. The van der Waals surface area contributed by atoms with Crippen LogP contribution >= 0.6 is 11.3 Å². The van der Waals surface area contributed by atoms with Gasteiger partial charge in [0.1, 0.15) is 12.1 Å². The molecule has 7 heterocycles. The molecule has 19 heteroatoms. The number of carbonyl (C=O) groups is 5. The van der Waals surface area contributed by atoms with Crippen LogP contribution in [0.5, 0.6) is 0 Å². The van der Waals surface area contributed by atoms with Crippen molar-refractivity contribution in [2.75, 3.05) is 67.1 Å². The normalized spacial score (nSPS) is 23.5. The molecule has 1 aromatic carbocycles. The van der Waals surface area contributed by atoms with Gasteiger partial charge in [0.25, 0.3) is 5.91 Å². The Kier molecular flexibility index (Phi) is 14.0. The van der Waals surface area contributed by atoms with Crippen LogP contribution in [0.25, 0.3) is 33.4 Å². The summed E-state index contributed by atoms with van der Waals surface area (Å²) >= 11 is 1.36. The number of aliphatic hydroxyl groups is 1. The van der Waals surface area contributed by atoms with Crippen molar-refractivity contribution in [2.24, 2.45) is 11.3 Å². The van der Waals surface area contributed by atoms with E-state index in [1.54, 1.807) is 25.3 Å². The molecule has 0 saturated carbocycles. The minimum Gasteiger partial charge on any atom is -0.462 e. The molecule has 3 aromatic heterocycles. The summed E-state index contributed by atoms with van der Waals surface area (Å²) in [5.41, 5.74) is 6.25. The summed E-state index contributed by atoms with van der Waals surface area (Å²) in [6, 6.07) is 7.57. The first-order chi connectivity index (χ1) is 32.3. The van der Waals surface area contributed by atoms with Crippen molar-refractivity contribution in [1.82, 2.24) is 49.9 Å². The van der Waals surface area contributed by atoms with Gasteiger partial charge in [-0.1, -0.05) is 33.8 Å². The molecule has 68 heavy (non-hydrogen) atoms. The topological polar surface area (TPSA) is 195 Å². The van der Waals surface area contributed by atoms with Gasteiger partial charge < -0.3 is 39.2 Å². The molecule has 6 bridgehead atoms. The number of hydrogen-bond acceptors (Lipinski definition) is 13. The van der Waals surface area contributed by atoms with Gasteiger partial charge in [0.05, 0.1) is 47.4 Å². The number of fused-ring (bicyclic) bond motifs is 7. The zero-order valence-corrected chi connectivity index (χ0v) is 41.5. The number of piperazine rings is 2. The van der Waals surface area contributed by atoms with Crippen LogP contribution in [0, 0.1) is 11.3 Å². The zero-order valence-electron chi connectivity index (χ0n) is 40.7. The first-order valence-electron chi connectivity index (χ1n) is 23.7. The van der Waals surface area contributed by atoms with Gasteiger partial charge in [0.15, 0.2) is 0 Å². The predicted molar refractivity (Wildman–Crippen MR) is 257 cm³/mol. The number of esters is 1. The maximum absolute atomic E-state index is 14.7. The number of carbonyl (C=O) groups excluding carboxylic acids is 5. The maximum atomic E-state index is 14.7. The average molecular weight is 955 g/mol. The summed E-state index contributed by atoms with van der Waals surface area (Å²) in [4.78, 5) is 86.9. The van der Waals surface area contributed by atoms with Gasteiger partial charge in [-0.05, 0) is 69.5 Å². The quantitative estimate of drug-likeness (QED) is 0.215. The molecular weight excluding hydrogens is 889 g/mol. The number of thiazole rings is 1. The Labute approximate surface area is 401 Å². The number of rotatable bonds is 8. The minimum atomic E-state index is -2.23. The summed E-state index contributed by atoms with van der Waals surface area (Å²) in [7, 11) is 5.14. The van der Waals surface area contributed by atoms with E-state index < -0.39 is 41.0 Å². The van der Waals surface area contributed by atoms with Crippen molar-refractivity contribution >= 4 is 52.0 Å². The largest absolute Gasteiger partial charge is 0.462 e. The monoisotopic (exact) mass is 954 g/mol. The van der Waals surface area contributed by atoms with Crippen LogP contribution in [0.3, 0.4) is 0 Å². The van der Waals surface area contributed by atoms with Gasteiger partial charge in [-0.15, -0.1) is 11.3 Å². The summed E-state index contributed by atoms with van der Waals surface area (Å²) in [5.74, 6) is -2.37. The highest BCUT2D eigenvalue weighted by atomic mass is 32.1. The van der Waals surface area contributed by atoms with E-state index >= 15 is 0 Å². The fourth-order valence-corrected chi connectivity index (χ4v) is 11.2. The average Bonchev–Trinajstić information content (AvgIpc) is 3.90. The Hall–Kier alpha value is -5.47. The highest BCUT2D eigenvalue weighted by molar-refractivity contribution is 7.10. The Morgan fingerprint density at radius 3 is 2.63 bits per heavy atom. The minimum absolute atomic E-state index is 0.0104. The van der Waals surface area contributed by atoms with Gasteiger partial charge in [-0.2, -0.15) is 5.43 Å². The van der Waals surface area contributed by atoms with Crippen molar-refractivity contribution in [3.8, 4) is 22.5 Å². The van der Waals surface area contributed by atoms with Crippen LogP contribution < -0.4 is 10.7 Å². The number of nitrogens with one attached hydrogen (secondary N) is 2. The van der Waals surface area contributed by atoms with Gasteiger partial charge in [-0.3, -0.25) is 29.3 Å². The first kappa shape index (κ1) is 49.0. The van der Waals surface area contributed by atoms with Gasteiger partial charge in [-0.25, -0.2) is 14.6 Å². The summed E-state index contributed by atoms with van der Waals surface area (Å²) < 4.78 is 14.1. The zero-order chi connectivity index (χ0) is 48.8. The van der Waals surface area contributed by atoms with E-state index in [-0.39, 0.29) is 62.4 Å². The standard InChI is InChI=1S/C49H66N10O8S/c1-10-57-38-15-14-31-21-34(38)35(43(57)33-13-11-17-50-41(33)30(4)66-9)23-48(5,6)28-67-46(63)49(65)16-12-18-59(53-49)45(62)36(22-39-51-37(31)27-68-39)52-44(61)42(29(2)3)55(8)47(64)56-19-20-58-32(25-56)24-54(7)26-40(58)60/h11,13-15,17,21,27,29-30,32,36,42,53,65H,10,12,16,18-20,22-26,28H2,1-9H3,(H,52,61)/t30-,32-,36-,42-,49-/m0/s1. The van der Waals surface area contributed by atoms with Gasteiger partial charge in [0, 0.05) is 105 Å². The Balaban J connectivity index is 1.15. The number of aromatic nitrogens is 3.